The van der Waals surface area contributed by atoms with Gasteiger partial charge in [0.1, 0.15) is 5.82 Å². The van der Waals surface area contributed by atoms with Crippen LogP contribution in [-0.2, 0) is 11.2 Å². The molecule has 2 aromatic carbocycles. The molecular formula is C27H27FN2O2S. The van der Waals surface area contributed by atoms with E-state index in [1.165, 1.54) is 6.07 Å². The lowest BCUT2D eigenvalue weighted by molar-refractivity contribution is -0.133. The third-order valence-electron chi connectivity index (χ3n) is 6.90. The minimum Gasteiger partial charge on any atom is -0.342 e. The highest BCUT2D eigenvalue weighted by Gasteiger charge is 2.39. The quantitative estimate of drug-likeness (QED) is 0.531. The van der Waals surface area contributed by atoms with E-state index in [9.17, 15) is 14.0 Å². The molecule has 6 heteroatoms. The van der Waals surface area contributed by atoms with Gasteiger partial charge < -0.3 is 9.80 Å². The zero-order valence-corrected chi connectivity index (χ0v) is 19.3. The maximum Gasteiger partial charge on any atom is 0.254 e. The van der Waals surface area contributed by atoms with Gasteiger partial charge >= 0.3 is 0 Å². The lowest BCUT2D eigenvalue weighted by atomic mass is 9.83. The van der Waals surface area contributed by atoms with Gasteiger partial charge in [-0.2, -0.15) is 0 Å². The summed E-state index contributed by atoms with van der Waals surface area (Å²) < 4.78 is 14.1. The Morgan fingerprint density at radius 1 is 0.970 bits per heavy atom. The lowest BCUT2D eigenvalue weighted by Gasteiger charge is -2.47. The standard InChI is InChI=1S/C27H27FN2O2S/c28-24-8-2-1-7-23(24)19-9-11-20(12-10-19)27(32)30-14-3-5-21-18-29(15-13-25(21)30)26(31)17-22-6-4-16-33-22/h1-2,4,6-12,16,21,25H,3,5,13-15,17-18H2/t21-,25+/m1/s1. The van der Waals surface area contributed by atoms with Gasteiger partial charge in [-0.15, -0.1) is 11.3 Å². The van der Waals surface area contributed by atoms with E-state index in [4.69, 9.17) is 0 Å². The van der Waals surface area contributed by atoms with Crippen LogP contribution in [0.1, 0.15) is 34.5 Å². The number of rotatable bonds is 4. The highest BCUT2D eigenvalue weighted by molar-refractivity contribution is 7.10. The van der Waals surface area contributed by atoms with Crippen LogP contribution in [0.2, 0.25) is 0 Å². The summed E-state index contributed by atoms with van der Waals surface area (Å²) in [4.78, 5) is 31.2. The van der Waals surface area contributed by atoms with Gasteiger partial charge in [-0.05, 0) is 60.4 Å². The maximum atomic E-state index is 14.1. The Morgan fingerprint density at radius 3 is 2.55 bits per heavy atom. The normalized spacial score (nSPS) is 20.4. The molecule has 4 nitrogen and oxygen atoms in total. The van der Waals surface area contributed by atoms with Crippen LogP contribution in [0.5, 0.6) is 0 Å². The van der Waals surface area contributed by atoms with Crippen LogP contribution in [0.15, 0.2) is 66.0 Å². The fourth-order valence-corrected chi connectivity index (χ4v) is 5.91. The fraction of sp³-hybridized carbons (Fsp3) is 0.333. The second-order valence-corrected chi connectivity index (χ2v) is 9.94. The maximum absolute atomic E-state index is 14.1. The summed E-state index contributed by atoms with van der Waals surface area (Å²) >= 11 is 1.62. The van der Waals surface area contributed by atoms with Crippen molar-refractivity contribution >= 4 is 23.2 Å². The number of halogens is 1. The topological polar surface area (TPSA) is 40.6 Å². The van der Waals surface area contributed by atoms with E-state index in [1.54, 1.807) is 35.6 Å². The van der Waals surface area contributed by atoms with E-state index < -0.39 is 0 Å². The molecule has 33 heavy (non-hydrogen) atoms. The second-order valence-electron chi connectivity index (χ2n) is 8.91. The summed E-state index contributed by atoms with van der Waals surface area (Å²) in [5, 5.41) is 2.00. The van der Waals surface area contributed by atoms with Gasteiger partial charge in [0.15, 0.2) is 0 Å². The van der Waals surface area contributed by atoms with Crippen molar-refractivity contribution in [1.29, 1.82) is 0 Å². The molecule has 2 atom stereocenters. The van der Waals surface area contributed by atoms with Crippen molar-refractivity contribution in [3.8, 4) is 11.1 Å². The van der Waals surface area contributed by atoms with Crippen molar-refractivity contribution in [2.24, 2.45) is 5.92 Å². The van der Waals surface area contributed by atoms with Gasteiger partial charge in [0.2, 0.25) is 5.91 Å². The molecule has 0 spiro atoms. The summed E-state index contributed by atoms with van der Waals surface area (Å²) in [5.74, 6) is 0.267. The molecule has 1 aromatic heterocycles. The number of thiophene rings is 1. The molecule has 0 bridgehead atoms. The molecule has 0 saturated carbocycles. The molecule has 3 heterocycles. The van der Waals surface area contributed by atoms with Gasteiger partial charge in [-0.25, -0.2) is 4.39 Å². The number of carbonyl (C=O) groups excluding carboxylic acids is 2. The molecule has 0 unspecified atom stereocenters. The van der Waals surface area contributed by atoms with E-state index in [2.05, 4.69) is 0 Å². The summed E-state index contributed by atoms with van der Waals surface area (Å²) in [5.41, 5.74) is 1.93. The van der Waals surface area contributed by atoms with Crippen molar-refractivity contribution in [2.45, 2.75) is 31.7 Å². The van der Waals surface area contributed by atoms with Crippen LogP contribution in [0.4, 0.5) is 4.39 Å². The van der Waals surface area contributed by atoms with Crippen molar-refractivity contribution in [3.05, 3.63) is 82.3 Å². The van der Waals surface area contributed by atoms with E-state index in [0.29, 0.717) is 30.0 Å². The van der Waals surface area contributed by atoms with Crippen molar-refractivity contribution in [1.82, 2.24) is 9.80 Å². The summed E-state index contributed by atoms with van der Waals surface area (Å²) in [6.07, 6.45) is 3.28. The first-order chi connectivity index (χ1) is 16.1. The molecule has 2 amide bonds. The summed E-state index contributed by atoms with van der Waals surface area (Å²) in [6, 6.07) is 18.1. The van der Waals surface area contributed by atoms with Crippen LogP contribution in [-0.4, -0.2) is 47.3 Å². The molecule has 170 valence electrons. The van der Waals surface area contributed by atoms with Crippen molar-refractivity contribution in [2.75, 3.05) is 19.6 Å². The number of amides is 2. The number of nitrogens with zero attached hydrogens (tertiary/aromatic N) is 2. The molecule has 2 fully saturated rings. The van der Waals surface area contributed by atoms with Crippen LogP contribution in [0.25, 0.3) is 11.1 Å². The number of piperidine rings is 2. The zero-order chi connectivity index (χ0) is 22.8. The molecule has 0 radical (unpaired) electrons. The number of fused-ring (bicyclic) bond motifs is 1. The fourth-order valence-electron chi connectivity index (χ4n) is 5.21. The first-order valence-electron chi connectivity index (χ1n) is 11.6. The molecule has 2 aliphatic rings. The number of hydrogen-bond acceptors (Lipinski definition) is 3. The van der Waals surface area contributed by atoms with Crippen LogP contribution in [0.3, 0.4) is 0 Å². The van der Waals surface area contributed by atoms with Crippen LogP contribution < -0.4 is 0 Å². The Morgan fingerprint density at radius 2 is 1.79 bits per heavy atom. The third kappa shape index (κ3) is 4.58. The first-order valence-corrected chi connectivity index (χ1v) is 12.4. The number of carbonyl (C=O) groups is 2. The molecule has 3 aromatic rings. The Labute approximate surface area is 197 Å². The average molecular weight is 463 g/mol. The smallest absolute Gasteiger partial charge is 0.254 e. The molecule has 0 aliphatic carbocycles. The van der Waals surface area contributed by atoms with Crippen molar-refractivity contribution in [3.63, 3.8) is 0 Å². The Kier molecular flexibility index (Phi) is 6.27. The highest BCUT2D eigenvalue weighted by Crippen LogP contribution is 2.32. The van der Waals surface area contributed by atoms with Gasteiger partial charge in [0.25, 0.3) is 5.91 Å². The average Bonchev–Trinajstić information content (AvgIpc) is 3.36. The molecule has 2 saturated heterocycles. The molecular weight excluding hydrogens is 435 g/mol. The number of likely N-dealkylation sites (tertiary alicyclic amines) is 2. The predicted molar refractivity (Wildman–Crippen MR) is 129 cm³/mol. The van der Waals surface area contributed by atoms with E-state index >= 15 is 0 Å². The Hall–Kier alpha value is -2.99. The van der Waals surface area contributed by atoms with Gasteiger partial charge in [0.05, 0.1) is 6.42 Å². The first kappa shape index (κ1) is 21.8. The molecule has 0 N–H and O–H groups in total. The van der Waals surface area contributed by atoms with E-state index in [0.717, 1.165) is 42.8 Å². The van der Waals surface area contributed by atoms with Gasteiger partial charge in [0, 0.05) is 41.7 Å². The van der Waals surface area contributed by atoms with Crippen LogP contribution >= 0.6 is 11.3 Å². The minimum atomic E-state index is -0.268. The molecule has 2 aliphatic heterocycles. The zero-order valence-electron chi connectivity index (χ0n) is 18.5. The predicted octanol–water partition coefficient (Wildman–Crippen LogP) is 5.25. The second kappa shape index (κ2) is 9.48. The largest absolute Gasteiger partial charge is 0.342 e. The number of benzene rings is 2. The summed E-state index contributed by atoms with van der Waals surface area (Å²) in [7, 11) is 0. The van der Waals surface area contributed by atoms with Gasteiger partial charge in [-0.3, -0.25) is 9.59 Å². The lowest BCUT2D eigenvalue weighted by Crippen LogP contribution is -2.56. The van der Waals surface area contributed by atoms with Gasteiger partial charge in [-0.1, -0.05) is 36.4 Å². The minimum absolute atomic E-state index is 0.0307. The molecule has 5 rings (SSSR count). The third-order valence-corrected chi connectivity index (χ3v) is 7.78. The van der Waals surface area contributed by atoms with Crippen LogP contribution in [0, 0.1) is 11.7 Å². The summed E-state index contributed by atoms with van der Waals surface area (Å²) in [6.45, 7) is 2.17. The van der Waals surface area contributed by atoms with E-state index in [-0.39, 0.29) is 23.7 Å². The monoisotopic (exact) mass is 462 g/mol. The SMILES string of the molecule is O=C(Cc1cccs1)N1CC[C@H]2[C@H](CCCN2C(=O)c2ccc(-c3ccccc3F)cc2)C1. The number of hydrogen-bond donors (Lipinski definition) is 0. The Bertz CT molecular complexity index is 1130. The Balaban J connectivity index is 1.26. The van der Waals surface area contributed by atoms with E-state index in [1.807, 2.05) is 45.5 Å². The van der Waals surface area contributed by atoms with Crippen molar-refractivity contribution < 1.29 is 14.0 Å². The highest BCUT2D eigenvalue weighted by atomic mass is 32.1.